The van der Waals surface area contributed by atoms with Crippen LogP contribution < -0.4 is 5.32 Å². The molecule has 0 radical (unpaired) electrons. The molecular formula is C9H15F4NO3. The van der Waals surface area contributed by atoms with Crippen LogP contribution in [0.5, 0.6) is 0 Å². The van der Waals surface area contributed by atoms with Gasteiger partial charge in [0, 0.05) is 12.5 Å². The Morgan fingerprint density at radius 3 is 2.06 bits per heavy atom. The molecule has 0 saturated carbocycles. The summed E-state index contributed by atoms with van der Waals surface area (Å²) in [7, 11) is 0. The first-order valence-electron chi connectivity index (χ1n) is 4.90. The fourth-order valence-electron chi connectivity index (χ4n) is 1.12. The average Bonchev–Trinajstić information content (AvgIpc) is 2.21. The van der Waals surface area contributed by atoms with E-state index in [9.17, 15) is 22.4 Å². The Labute approximate surface area is 95.6 Å². The van der Waals surface area contributed by atoms with Crippen molar-refractivity contribution in [1.29, 1.82) is 0 Å². The number of amides is 1. The van der Waals surface area contributed by atoms with Crippen molar-refractivity contribution in [2.45, 2.75) is 31.8 Å². The monoisotopic (exact) mass is 261 g/mol. The molecule has 0 aliphatic carbocycles. The van der Waals surface area contributed by atoms with E-state index in [1.165, 1.54) is 0 Å². The van der Waals surface area contributed by atoms with E-state index in [0.29, 0.717) is 0 Å². The van der Waals surface area contributed by atoms with Crippen LogP contribution in [0.2, 0.25) is 0 Å². The van der Waals surface area contributed by atoms with E-state index in [4.69, 9.17) is 10.2 Å². The van der Waals surface area contributed by atoms with Gasteiger partial charge in [-0.3, -0.25) is 4.79 Å². The van der Waals surface area contributed by atoms with Crippen LogP contribution >= 0.6 is 0 Å². The van der Waals surface area contributed by atoms with Crippen molar-refractivity contribution in [3.05, 3.63) is 0 Å². The number of alkyl halides is 4. The second-order valence-electron chi connectivity index (χ2n) is 3.91. The van der Waals surface area contributed by atoms with Crippen LogP contribution in [0.1, 0.15) is 13.8 Å². The van der Waals surface area contributed by atoms with Crippen LogP contribution in [0.3, 0.4) is 0 Å². The van der Waals surface area contributed by atoms with Crippen LogP contribution in [0.25, 0.3) is 0 Å². The topological polar surface area (TPSA) is 69.6 Å². The number of hydrogen-bond acceptors (Lipinski definition) is 3. The number of aliphatic hydroxyl groups is 2. The summed E-state index contributed by atoms with van der Waals surface area (Å²) in [5.74, 6) is -3.47. The molecule has 1 amide bonds. The van der Waals surface area contributed by atoms with Gasteiger partial charge in [-0.1, -0.05) is 13.8 Å². The van der Waals surface area contributed by atoms with Crippen molar-refractivity contribution >= 4 is 5.91 Å². The lowest BCUT2D eigenvalue weighted by Crippen LogP contribution is -2.58. The molecule has 0 spiro atoms. The van der Waals surface area contributed by atoms with E-state index in [0.717, 1.165) is 13.8 Å². The molecule has 0 fully saturated rings. The summed E-state index contributed by atoms with van der Waals surface area (Å²) < 4.78 is 51.1. The Morgan fingerprint density at radius 2 is 1.76 bits per heavy atom. The molecule has 102 valence electrons. The van der Waals surface area contributed by atoms with Gasteiger partial charge in [-0.15, -0.1) is 0 Å². The van der Waals surface area contributed by atoms with Gasteiger partial charge >= 0.3 is 6.18 Å². The molecule has 0 aromatic rings. The Bertz CT molecular complexity index is 269. The van der Waals surface area contributed by atoms with Crippen LogP contribution in [-0.4, -0.2) is 47.2 Å². The summed E-state index contributed by atoms with van der Waals surface area (Å²) in [5, 5.41) is 18.9. The lowest BCUT2D eigenvalue weighted by molar-refractivity contribution is -0.239. The van der Waals surface area contributed by atoms with Gasteiger partial charge in [0.05, 0.1) is 12.7 Å². The maximum absolute atomic E-state index is 13.7. The maximum atomic E-state index is 13.7. The first-order valence-corrected chi connectivity index (χ1v) is 4.90. The number of hydrogen-bond donors (Lipinski definition) is 3. The Morgan fingerprint density at radius 1 is 1.29 bits per heavy atom. The average molecular weight is 261 g/mol. The minimum Gasteiger partial charge on any atom is -0.394 e. The SMILES string of the molecule is CC(C)C(F)(C(=O)NCC(O)CO)C(F)(F)F. The standard InChI is InChI=1S/C9H15F4NO3/c1-5(2)8(10,9(11,12)13)7(17)14-3-6(16)4-15/h5-6,15-16H,3-4H2,1-2H3,(H,14,17). The summed E-state index contributed by atoms with van der Waals surface area (Å²) in [4.78, 5) is 11.2. The van der Waals surface area contributed by atoms with E-state index in [1.54, 1.807) is 5.32 Å². The molecule has 17 heavy (non-hydrogen) atoms. The Kier molecular flexibility index (Phi) is 5.34. The second-order valence-corrected chi connectivity index (χ2v) is 3.91. The van der Waals surface area contributed by atoms with Crippen LogP contribution in [0.4, 0.5) is 17.6 Å². The molecule has 2 atom stereocenters. The largest absolute Gasteiger partial charge is 0.431 e. The summed E-state index contributed by atoms with van der Waals surface area (Å²) in [6.45, 7) is 0.460. The van der Waals surface area contributed by atoms with Gasteiger partial charge in [-0.2, -0.15) is 13.2 Å². The fourth-order valence-corrected chi connectivity index (χ4v) is 1.12. The lowest BCUT2D eigenvalue weighted by Gasteiger charge is -2.30. The molecule has 0 heterocycles. The summed E-state index contributed by atoms with van der Waals surface area (Å²) in [6.07, 6.45) is -6.77. The molecular weight excluding hydrogens is 246 g/mol. The molecule has 0 bridgehead atoms. The molecule has 0 aliphatic heterocycles. The number of carbonyl (C=O) groups is 1. The van der Waals surface area contributed by atoms with E-state index in [-0.39, 0.29) is 0 Å². The van der Waals surface area contributed by atoms with Crippen molar-refractivity contribution in [3.8, 4) is 0 Å². The fraction of sp³-hybridized carbons (Fsp3) is 0.889. The van der Waals surface area contributed by atoms with E-state index >= 15 is 0 Å². The van der Waals surface area contributed by atoms with Crippen LogP contribution in [0, 0.1) is 5.92 Å². The van der Waals surface area contributed by atoms with Gasteiger partial charge in [0.1, 0.15) is 0 Å². The van der Waals surface area contributed by atoms with Crippen molar-refractivity contribution in [2.24, 2.45) is 5.92 Å². The van der Waals surface area contributed by atoms with Gasteiger partial charge in [0.2, 0.25) is 0 Å². The van der Waals surface area contributed by atoms with Gasteiger partial charge in [-0.25, -0.2) is 4.39 Å². The number of carbonyl (C=O) groups excluding carboxylic acids is 1. The highest BCUT2D eigenvalue weighted by atomic mass is 19.4. The molecule has 4 nitrogen and oxygen atoms in total. The predicted molar refractivity (Wildman–Crippen MR) is 50.8 cm³/mol. The predicted octanol–water partition coefficient (Wildman–Crippen LogP) is 0.382. The van der Waals surface area contributed by atoms with Crippen molar-refractivity contribution < 1.29 is 32.6 Å². The second kappa shape index (κ2) is 5.63. The highest BCUT2D eigenvalue weighted by molar-refractivity contribution is 5.86. The maximum Gasteiger partial charge on any atom is 0.431 e. The zero-order chi connectivity index (χ0) is 13.9. The smallest absolute Gasteiger partial charge is 0.394 e. The van der Waals surface area contributed by atoms with Gasteiger partial charge < -0.3 is 15.5 Å². The molecule has 0 aromatic carbocycles. The van der Waals surface area contributed by atoms with Gasteiger partial charge in [-0.05, 0) is 0 Å². The van der Waals surface area contributed by atoms with E-state index < -0.39 is 42.9 Å². The minimum atomic E-state index is -5.34. The summed E-state index contributed by atoms with van der Waals surface area (Å²) in [5.41, 5.74) is -4.01. The van der Waals surface area contributed by atoms with Gasteiger partial charge in [0.25, 0.3) is 11.6 Å². The van der Waals surface area contributed by atoms with E-state index in [2.05, 4.69) is 0 Å². The molecule has 0 rings (SSSR count). The number of aliphatic hydroxyl groups excluding tert-OH is 2. The Balaban J connectivity index is 4.80. The number of nitrogens with one attached hydrogen (secondary N) is 1. The van der Waals surface area contributed by atoms with Crippen LogP contribution in [-0.2, 0) is 4.79 Å². The van der Waals surface area contributed by atoms with E-state index in [1.807, 2.05) is 0 Å². The zero-order valence-electron chi connectivity index (χ0n) is 9.38. The third-order valence-electron chi connectivity index (χ3n) is 2.25. The molecule has 0 aromatic heterocycles. The highest BCUT2D eigenvalue weighted by Crippen LogP contribution is 2.39. The molecule has 0 saturated heterocycles. The van der Waals surface area contributed by atoms with Gasteiger partial charge in [0.15, 0.2) is 0 Å². The first kappa shape index (κ1) is 16.1. The quantitative estimate of drug-likeness (QED) is 0.627. The third kappa shape index (κ3) is 3.53. The first-order chi connectivity index (χ1) is 7.57. The molecule has 0 aliphatic rings. The zero-order valence-corrected chi connectivity index (χ0v) is 9.38. The third-order valence-corrected chi connectivity index (χ3v) is 2.25. The summed E-state index contributed by atoms with van der Waals surface area (Å²) >= 11 is 0. The molecule has 8 heteroatoms. The van der Waals surface area contributed by atoms with Crippen LogP contribution in [0.15, 0.2) is 0 Å². The van der Waals surface area contributed by atoms with Crippen molar-refractivity contribution in [2.75, 3.05) is 13.2 Å². The van der Waals surface area contributed by atoms with Crippen molar-refractivity contribution in [1.82, 2.24) is 5.32 Å². The molecule has 2 unspecified atom stereocenters. The number of rotatable bonds is 5. The molecule has 3 N–H and O–H groups in total. The number of halogens is 4. The minimum absolute atomic E-state index is 0.649. The lowest BCUT2D eigenvalue weighted by atomic mass is 9.90. The highest BCUT2D eigenvalue weighted by Gasteiger charge is 2.63. The van der Waals surface area contributed by atoms with Crippen molar-refractivity contribution in [3.63, 3.8) is 0 Å². The summed E-state index contributed by atoms with van der Waals surface area (Å²) in [6, 6.07) is 0. The Hall–Kier alpha value is -0.890. The normalized spacial score (nSPS) is 17.7.